The van der Waals surface area contributed by atoms with Crippen LogP contribution in [0.2, 0.25) is 0 Å². The summed E-state index contributed by atoms with van der Waals surface area (Å²) in [4.78, 5) is 13.7. The third kappa shape index (κ3) is 3.54. The van der Waals surface area contributed by atoms with E-state index in [0.29, 0.717) is 19.1 Å². The Bertz CT molecular complexity index is 290. The van der Waals surface area contributed by atoms with Crippen molar-refractivity contribution in [3.8, 4) is 0 Å². The molecule has 1 aliphatic carbocycles. The third-order valence-electron chi connectivity index (χ3n) is 3.49. The maximum Gasteiger partial charge on any atom is 0.308 e. The SMILES string of the molecule is COC(=O)CC1CN(C2C=CCCC2)CCO1. The van der Waals surface area contributed by atoms with E-state index in [1.807, 2.05) is 0 Å². The first-order valence-electron chi connectivity index (χ1n) is 6.38. The highest BCUT2D eigenvalue weighted by molar-refractivity contribution is 5.69. The summed E-state index contributed by atoms with van der Waals surface area (Å²) in [5, 5.41) is 0. The molecular formula is C13H21NO3. The smallest absolute Gasteiger partial charge is 0.308 e. The summed E-state index contributed by atoms with van der Waals surface area (Å²) in [5.41, 5.74) is 0. The minimum atomic E-state index is -0.184. The van der Waals surface area contributed by atoms with Gasteiger partial charge in [0.2, 0.25) is 0 Å². The van der Waals surface area contributed by atoms with E-state index in [1.165, 1.54) is 26.4 Å². The van der Waals surface area contributed by atoms with Crippen LogP contribution in [0.25, 0.3) is 0 Å². The van der Waals surface area contributed by atoms with Crippen molar-refractivity contribution in [2.24, 2.45) is 0 Å². The van der Waals surface area contributed by atoms with Crippen molar-refractivity contribution in [1.29, 1.82) is 0 Å². The van der Waals surface area contributed by atoms with E-state index >= 15 is 0 Å². The number of hydrogen-bond donors (Lipinski definition) is 0. The van der Waals surface area contributed by atoms with Crippen molar-refractivity contribution in [3.05, 3.63) is 12.2 Å². The molecule has 0 aromatic carbocycles. The van der Waals surface area contributed by atoms with Crippen LogP contribution in [0.4, 0.5) is 0 Å². The van der Waals surface area contributed by atoms with Gasteiger partial charge in [-0.05, 0) is 19.3 Å². The Balaban J connectivity index is 1.85. The van der Waals surface area contributed by atoms with E-state index in [1.54, 1.807) is 0 Å². The normalized spacial score (nSPS) is 30.2. The lowest BCUT2D eigenvalue weighted by Gasteiger charge is -2.37. The zero-order valence-corrected chi connectivity index (χ0v) is 10.4. The highest BCUT2D eigenvalue weighted by Gasteiger charge is 2.27. The van der Waals surface area contributed by atoms with E-state index in [4.69, 9.17) is 4.74 Å². The summed E-state index contributed by atoms with van der Waals surface area (Å²) >= 11 is 0. The average molecular weight is 239 g/mol. The molecule has 1 aliphatic heterocycles. The van der Waals surface area contributed by atoms with Crippen LogP contribution in [0.1, 0.15) is 25.7 Å². The fourth-order valence-electron chi connectivity index (χ4n) is 2.53. The number of carbonyl (C=O) groups is 1. The topological polar surface area (TPSA) is 38.8 Å². The van der Waals surface area contributed by atoms with Gasteiger partial charge in [-0.2, -0.15) is 0 Å². The number of nitrogens with zero attached hydrogens (tertiary/aromatic N) is 1. The second-order valence-corrected chi connectivity index (χ2v) is 4.69. The third-order valence-corrected chi connectivity index (χ3v) is 3.49. The first-order valence-corrected chi connectivity index (χ1v) is 6.38. The van der Waals surface area contributed by atoms with E-state index < -0.39 is 0 Å². The second-order valence-electron chi connectivity index (χ2n) is 4.69. The van der Waals surface area contributed by atoms with Crippen molar-refractivity contribution < 1.29 is 14.3 Å². The minimum Gasteiger partial charge on any atom is -0.469 e. The molecule has 2 atom stereocenters. The summed E-state index contributed by atoms with van der Waals surface area (Å²) in [6.45, 7) is 2.52. The van der Waals surface area contributed by atoms with Gasteiger partial charge in [0.05, 0.1) is 26.2 Å². The molecule has 0 bridgehead atoms. The largest absolute Gasteiger partial charge is 0.469 e. The van der Waals surface area contributed by atoms with E-state index in [0.717, 1.165) is 13.1 Å². The number of carbonyl (C=O) groups excluding carboxylic acids is 1. The van der Waals surface area contributed by atoms with E-state index in [-0.39, 0.29) is 12.1 Å². The van der Waals surface area contributed by atoms with Gasteiger partial charge in [0.15, 0.2) is 0 Å². The Hall–Kier alpha value is -0.870. The van der Waals surface area contributed by atoms with Crippen LogP contribution < -0.4 is 0 Å². The predicted octanol–water partition coefficient (Wildman–Crippen LogP) is 1.36. The molecule has 1 heterocycles. The standard InChI is InChI=1S/C13H21NO3/c1-16-13(15)9-12-10-14(7-8-17-12)11-5-3-2-4-6-11/h3,5,11-12H,2,4,6-10H2,1H3. The number of morpholine rings is 1. The first-order chi connectivity index (χ1) is 8.29. The zero-order chi connectivity index (χ0) is 12.1. The summed E-state index contributed by atoms with van der Waals surface area (Å²) < 4.78 is 10.3. The van der Waals surface area contributed by atoms with Crippen molar-refractivity contribution in [2.75, 3.05) is 26.8 Å². The van der Waals surface area contributed by atoms with Gasteiger partial charge in [-0.25, -0.2) is 0 Å². The highest BCUT2D eigenvalue weighted by Crippen LogP contribution is 2.20. The van der Waals surface area contributed by atoms with Crippen LogP contribution >= 0.6 is 0 Å². The Morgan fingerprint density at radius 2 is 2.47 bits per heavy atom. The Morgan fingerprint density at radius 3 is 3.18 bits per heavy atom. The van der Waals surface area contributed by atoms with Crippen molar-refractivity contribution in [3.63, 3.8) is 0 Å². The number of methoxy groups -OCH3 is 1. The Labute approximate surface area is 103 Å². The van der Waals surface area contributed by atoms with Crippen molar-refractivity contribution >= 4 is 5.97 Å². The zero-order valence-electron chi connectivity index (χ0n) is 10.4. The van der Waals surface area contributed by atoms with Crippen molar-refractivity contribution in [1.82, 2.24) is 4.90 Å². The molecule has 0 saturated carbocycles. The molecule has 0 amide bonds. The van der Waals surface area contributed by atoms with Crippen LogP contribution in [-0.2, 0) is 14.3 Å². The molecule has 0 aromatic heterocycles. The van der Waals surface area contributed by atoms with E-state index in [9.17, 15) is 4.79 Å². The van der Waals surface area contributed by atoms with Gasteiger partial charge in [-0.1, -0.05) is 12.2 Å². The van der Waals surface area contributed by atoms with Gasteiger partial charge in [0.25, 0.3) is 0 Å². The molecule has 2 rings (SSSR count). The number of rotatable bonds is 3. The molecule has 0 radical (unpaired) electrons. The monoisotopic (exact) mass is 239 g/mol. The summed E-state index contributed by atoms with van der Waals surface area (Å²) in [6, 6.07) is 0.535. The molecule has 96 valence electrons. The maximum atomic E-state index is 11.2. The van der Waals surface area contributed by atoms with Gasteiger partial charge in [0.1, 0.15) is 0 Å². The van der Waals surface area contributed by atoms with Gasteiger partial charge in [-0.15, -0.1) is 0 Å². The molecule has 17 heavy (non-hydrogen) atoms. The highest BCUT2D eigenvalue weighted by atomic mass is 16.5. The fourth-order valence-corrected chi connectivity index (χ4v) is 2.53. The van der Waals surface area contributed by atoms with Crippen LogP contribution in [0.3, 0.4) is 0 Å². The lowest BCUT2D eigenvalue weighted by Crippen LogP contribution is -2.48. The quantitative estimate of drug-likeness (QED) is 0.550. The molecule has 0 spiro atoms. The summed E-state index contributed by atoms with van der Waals surface area (Å²) in [6.07, 6.45) is 8.60. The first kappa shape index (κ1) is 12.6. The lowest BCUT2D eigenvalue weighted by molar-refractivity contribution is -0.146. The molecule has 1 fully saturated rings. The van der Waals surface area contributed by atoms with Gasteiger partial charge in [0, 0.05) is 19.1 Å². The molecular weight excluding hydrogens is 218 g/mol. The molecule has 0 N–H and O–H groups in total. The van der Waals surface area contributed by atoms with Crippen LogP contribution in [0, 0.1) is 0 Å². The summed E-state index contributed by atoms with van der Waals surface area (Å²) in [7, 11) is 1.42. The second kappa shape index (κ2) is 6.17. The average Bonchev–Trinajstić information content (AvgIpc) is 2.40. The Morgan fingerprint density at radius 1 is 1.59 bits per heavy atom. The maximum absolute atomic E-state index is 11.2. The summed E-state index contributed by atoms with van der Waals surface area (Å²) in [5.74, 6) is -0.184. The van der Waals surface area contributed by atoms with Crippen molar-refractivity contribution in [2.45, 2.75) is 37.8 Å². The number of allylic oxidation sites excluding steroid dienone is 1. The number of ether oxygens (including phenoxy) is 2. The fraction of sp³-hybridized carbons (Fsp3) is 0.769. The molecule has 4 heteroatoms. The molecule has 4 nitrogen and oxygen atoms in total. The van der Waals surface area contributed by atoms with Crippen LogP contribution in [-0.4, -0.2) is 49.8 Å². The van der Waals surface area contributed by atoms with Gasteiger partial charge >= 0.3 is 5.97 Å². The molecule has 2 aliphatic rings. The van der Waals surface area contributed by atoms with Crippen LogP contribution in [0.5, 0.6) is 0 Å². The van der Waals surface area contributed by atoms with Gasteiger partial charge in [-0.3, -0.25) is 9.69 Å². The molecule has 1 saturated heterocycles. The molecule has 0 aromatic rings. The van der Waals surface area contributed by atoms with Crippen LogP contribution in [0.15, 0.2) is 12.2 Å². The number of esters is 1. The lowest BCUT2D eigenvalue weighted by atomic mass is 10.0. The van der Waals surface area contributed by atoms with E-state index in [2.05, 4.69) is 21.8 Å². The minimum absolute atomic E-state index is 0.00785. The molecule has 2 unspecified atom stereocenters. The Kier molecular flexibility index (Phi) is 4.57. The van der Waals surface area contributed by atoms with Gasteiger partial charge < -0.3 is 9.47 Å². The predicted molar refractivity (Wildman–Crippen MR) is 64.7 cm³/mol. The number of hydrogen-bond acceptors (Lipinski definition) is 4.